The summed E-state index contributed by atoms with van der Waals surface area (Å²) in [6, 6.07) is 19.4. The highest BCUT2D eigenvalue weighted by molar-refractivity contribution is 5.69. The van der Waals surface area contributed by atoms with Crippen LogP contribution in [0.3, 0.4) is 0 Å². The van der Waals surface area contributed by atoms with E-state index in [0.29, 0.717) is 12.0 Å². The van der Waals surface area contributed by atoms with E-state index < -0.39 is 18.2 Å². The molecule has 0 aliphatic carbocycles. The third-order valence-electron chi connectivity index (χ3n) is 3.25. The molecule has 0 spiro atoms. The number of benzene rings is 2. The van der Waals surface area contributed by atoms with E-state index in [1.807, 2.05) is 66.7 Å². The number of carbonyl (C=O) groups is 2. The molecule has 0 saturated carbocycles. The summed E-state index contributed by atoms with van der Waals surface area (Å²) in [4.78, 5) is 22.8. The standard InChI is InChI=1S/C20H20O4/c1-15(21)23-20(24-16(2)22)19(13-17-9-5-3-6-10-17)14-18-11-7-4-8-12-18/h3-13,20H,14H2,1-2H3/b19-13+. The van der Waals surface area contributed by atoms with E-state index in [1.165, 1.54) is 13.8 Å². The molecule has 0 atom stereocenters. The van der Waals surface area contributed by atoms with Crippen molar-refractivity contribution < 1.29 is 19.1 Å². The first-order valence-corrected chi connectivity index (χ1v) is 7.68. The van der Waals surface area contributed by atoms with Crippen molar-refractivity contribution in [3.8, 4) is 0 Å². The van der Waals surface area contributed by atoms with E-state index in [9.17, 15) is 9.59 Å². The van der Waals surface area contributed by atoms with Crippen LogP contribution in [0.25, 0.3) is 6.08 Å². The van der Waals surface area contributed by atoms with Crippen molar-refractivity contribution >= 4 is 18.0 Å². The smallest absolute Gasteiger partial charge is 0.305 e. The minimum atomic E-state index is -1.04. The number of hydrogen-bond acceptors (Lipinski definition) is 4. The van der Waals surface area contributed by atoms with E-state index in [0.717, 1.165) is 11.1 Å². The molecule has 124 valence electrons. The average molecular weight is 324 g/mol. The summed E-state index contributed by atoms with van der Waals surface area (Å²) in [5, 5.41) is 0. The lowest BCUT2D eigenvalue weighted by molar-refractivity contribution is -0.178. The molecule has 0 radical (unpaired) electrons. The zero-order valence-corrected chi connectivity index (χ0v) is 13.8. The monoisotopic (exact) mass is 324 g/mol. The number of carbonyl (C=O) groups excluding carboxylic acids is 2. The summed E-state index contributed by atoms with van der Waals surface area (Å²) in [6.07, 6.45) is 1.34. The van der Waals surface area contributed by atoms with Gasteiger partial charge in [0, 0.05) is 25.8 Å². The maximum atomic E-state index is 11.4. The van der Waals surface area contributed by atoms with Gasteiger partial charge in [0.25, 0.3) is 6.29 Å². The second kappa shape index (κ2) is 8.67. The van der Waals surface area contributed by atoms with Gasteiger partial charge in [-0.05, 0) is 17.2 Å². The molecule has 0 N–H and O–H groups in total. The van der Waals surface area contributed by atoms with Crippen molar-refractivity contribution in [2.75, 3.05) is 0 Å². The van der Waals surface area contributed by atoms with Gasteiger partial charge in [0.15, 0.2) is 0 Å². The van der Waals surface area contributed by atoms with Crippen LogP contribution in [0.4, 0.5) is 0 Å². The van der Waals surface area contributed by atoms with Crippen molar-refractivity contribution in [2.24, 2.45) is 0 Å². The Hall–Kier alpha value is -2.88. The van der Waals surface area contributed by atoms with Crippen LogP contribution >= 0.6 is 0 Å². The Morgan fingerprint density at radius 2 is 1.38 bits per heavy atom. The van der Waals surface area contributed by atoms with Gasteiger partial charge in [0.1, 0.15) is 0 Å². The van der Waals surface area contributed by atoms with Gasteiger partial charge in [-0.25, -0.2) is 0 Å². The van der Waals surface area contributed by atoms with Crippen LogP contribution in [0.15, 0.2) is 66.2 Å². The molecule has 4 heteroatoms. The molecule has 0 unspecified atom stereocenters. The molecule has 0 bridgehead atoms. The molecule has 0 fully saturated rings. The molecule has 0 aliphatic rings. The van der Waals surface area contributed by atoms with Gasteiger partial charge in [0.2, 0.25) is 0 Å². The Labute approximate surface area is 141 Å². The summed E-state index contributed by atoms with van der Waals surface area (Å²) in [5.41, 5.74) is 2.66. The first-order valence-electron chi connectivity index (χ1n) is 7.68. The maximum Gasteiger partial charge on any atom is 0.305 e. The molecule has 4 nitrogen and oxygen atoms in total. The summed E-state index contributed by atoms with van der Waals surface area (Å²) in [5.74, 6) is -1.01. The molecular formula is C20H20O4. The predicted molar refractivity (Wildman–Crippen MR) is 91.9 cm³/mol. The SMILES string of the molecule is CC(=O)OC(OC(C)=O)/C(=C/c1ccccc1)Cc1ccccc1. The fraction of sp³-hybridized carbons (Fsp3) is 0.200. The Kier molecular flexibility index (Phi) is 6.32. The molecule has 24 heavy (non-hydrogen) atoms. The third-order valence-corrected chi connectivity index (χ3v) is 3.25. The van der Waals surface area contributed by atoms with Crippen LogP contribution in [0, 0.1) is 0 Å². The Morgan fingerprint density at radius 1 is 0.875 bits per heavy atom. The fourth-order valence-corrected chi connectivity index (χ4v) is 2.27. The van der Waals surface area contributed by atoms with Crippen LogP contribution in [0.2, 0.25) is 0 Å². The van der Waals surface area contributed by atoms with E-state index in [2.05, 4.69) is 0 Å². The highest BCUT2D eigenvalue weighted by atomic mass is 16.7. The van der Waals surface area contributed by atoms with Crippen molar-refractivity contribution in [3.05, 3.63) is 77.4 Å². The number of esters is 2. The summed E-state index contributed by atoms with van der Waals surface area (Å²) in [7, 11) is 0. The molecule has 0 amide bonds. The summed E-state index contributed by atoms with van der Waals surface area (Å²) >= 11 is 0. The van der Waals surface area contributed by atoms with Gasteiger partial charge in [-0.2, -0.15) is 0 Å². The second-order valence-electron chi connectivity index (χ2n) is 5.34. The average Bonchev–Trinajstić information content (AvgIpc) is 2.55. The van der Waals surface area contributed by atoms with Gasteiger partial charge in [-0.3, -0.25) is 9.59 Å². The molecule has 0 heterocycles. The minimum absolute atomic E-state index is 0.501. The highest BCUT2D eigenvalue weighted by Gasteiger charge is 2.21. The van der Waals surface area contributed by atoms with Crippen LogP contribution in [0.5, 0.6) is 0 Å². The molecule has 0 aromatic heterocycles. The number of rotatable bonds is 6. The lowest BCUT2D eigenvalue weighted by Gasteiger charge is -2.20. The lowest BCUT2D eigenvalue weighted by atomic mass is 10.0. The minimum Gasteiger partial charge on any atom is -0.421 e. The molecule has 0 saturated heterocycles. The van der Waals surface area contributed by atoms with Gasteiger partial charge < -0.3 is 9.47 Å². The normalized spacial score (nSPS) is 11.2. The van der Waals surface area contributed by atoms with E-state index >= 15 is 0 Å². The van der Waals surface area contributed by atoms with Crippen molar-refractivity contribution in [2.45, 2.75) is 26.6 Å². The molecular weight excluding hydrogens is 304 g/mol. The van der Waals surface area contributed by atoms with Crippen LogP contribution in [-0.2, 0) is 25.5 Å². The molecule has 0 aliphatic heterocycles. The highest BCUT2D eigenvalue weighted by Crippen LogP contribution is 2.19. The van der Waals surface area contributed by atoms with E-state index in [-0.39, 0.29) is 0 Å². The predicted octanol–water partition coefficient (Wildman–Crippen LogP) is 3.77. The van der Waals surface area contributed by atoms with Crippen molar-refractivity contribution in [3.63, 3.8) is 0 Å². The van der Waals surface area contributed by atoms with Gasteiger partial charge >= 0.3 is 11.9 Å². The zero-order chi connectivity index (χ0) is 17.4. The molecule has 2 aromatic carbocycles. The number of hydrogen-bond donors (Lipinski definition) is 0. The van der Waals surface area contributed by atoms with Gasteiger partial charge in [0.05, 0.1) is 0 Å². The third kappa shape index (κ3) is 5.72. The van der Waals surface area contributed by atoms with Crippen LogP contribution in [-0.4, -0.2) is 18.2 Å². The Balaban J connectivity index is 2.37. The quantitative estimate of drug-likeness (QED) is 0.599. The lowest BCUT2D eigenvalue weighted by Crippen LogP contribution is -2.25. The maximum absolute atomic E-state index is 11.4. The zero-order valence-electron chi connectivity index (χ0n) is 13.8. The van der Waals surface area contributed by atoms with Gasteiger partial charge in [-0.1, -0.05) is 60.7 Å². The molecule has 2 aromatic rings. The van der Waals surface area contributed by atoms with Crippen molar-refractivity contribution in [1.82, 2.24) is 0 Å². The van der Waals surface area contributed by atoms with Crippen LogP contribution < -0.4 is 0 Å². The van der Waals surface area contributed by atoms with E-state index in [4.69, 9.17) is 9.47 Å². The summed E-state index contributed by atoms with van der Waals surface area (Å²) in [6.45, 7) is 2.58. The first-order chi connectivity index (χ1) is 11.5. The van der Waals surface area contributed by atoms with E-state index in [1.54, 1.807) is 0 Å². The van der Waals surface area contributed by atoms with Crippen LogP contribution in [0.1, 0.15) is 25.0 Å². The largest absolute Gasteiger partial charge is 0.421 e. The first kappa shape index (κ1) is 17.5. The Morgan fingerprint density at radius 3 is 1.88 bits per heavy atom. The van der Waals surface area contributed by atoms with Crippen molar-refractivity contribution in [1.29, 1.82) is 0 Å². The van der Waals surface area contributed by atoms with Gasteiger partial charge in [-0.15, -0.1) is 0 Å². The topological polar surface area (TPSA) is 52.6 Å². The fourth-order valence-electron chi connectivity index (χ4n) is 2.27. The molecule has 2 rings (SSSR count). The summed E-state index contributed by atoms with van der Waals surface area (Å²) < 4.78 is 10.4. The Bertz CT molecular complexity index is 689. The number of ether oxygens (including phenoxy) is 2. The second-order valence-corrected chi connectivity index (χ2v) is 5.34.